The van der Waals surface area contributed by atoms with Gasteiger partial charge in [-0.2, -0.15) is 0 Å². The molecule has 0 saturated heterocycles. The van der Waals surface area contributed by atoms with Gasteiger partial charge >= 0.3 is 6.09 Å². The molecule has 0 bridgehead atoms. The van der Waals surface area contributed by atoms with Crippen LogP contribution in [0.25, 0.3) is 0 Å². The molecule has 0 aromatic carbocycles. The molecule has 220 valence electrons. The van der Waals surface area contributed by atoms with Gasteiger partial charge in [-0.15, -0.1) is 0 Å². The van der Waals surface area contributed by atoms with Gasteiger partial charge in [0.1, 0.15) is 0 Å². The van der Waals surface area contributed by atoms with E-state index in [9.17, 15) is 9.59 Å². The predicted octanol–water partition coefficient (Wildman–Crippen LogP) is 8.01. The number of amides is 2. The standard InChI is InChI=1S/C31H62N2O4/c1-4-7-10-12-13-17-23-29(22-16-11-8-5-2)30(35)33(26-9-6-3)31(36)37-28-21-15-14-18-24-32-25-19-20-27-34/h29,32,34H,4-28H2,1-3H3. The summed E-state index contributed by atoms with van der Waals surface area (Å²) in [5.41, 5.74) is 0. The first kappa shape index (κ1) is 35.9. The Hall–Kier alpha value is -1.14. The van der Waals surface area contributed by atoms with Crippen LogP contribution in [0, 0.1) is 5.92 Å². The molecule has 0 fully saturated rings. The molecule has 0 aliphatic rings. The Balaban J connectivity index is 4.58. The molecule has 0 radical (unpaired) electrons. The van der Waals surface area contributed by atoms with Crippen molar-refractivity contribution in [3.05, 3.63) is 0 Å². The van der Waals surface area contributed by atoms with Crippen molar-refractivity contribution in [3.8, 4) is 0 Å². The molecule has 37 heavy (non-hydrogen) atoms. The second-order valence-electron chi connectivity index (χ2n) is 10.7. The van der Waals surface area contributed by atoms with Gasteiger partial charge in [-0.3, -0.25) is 4.79 Å². The van der Waals surface area contributed by atoms with Gasteiger partial charge in [0.05, 0.1) is 6.61 Å². The van der Waals surface area contributed by atoms with E-state index in [-0.39, 0.29) is 18.4 Å². The molecule has 0 aliphatic heterocycles. The smallest absolute Gasteiger partial charge is 0.416 e. The van der Waals surface area contributed by atoms with Crippen molar-refractivity contribution in [1.29, 1.82) is 0 Å². The summed E-state index contributed by atoms with van der Waals surface area (Å²) in [5, 5.41) is 12.2. The maximum absolute atomic E-state index is 13.5. The first-order valence-corrected chi connectivity index (χ1v) is 15.9. The van der Waals surface area contributed by atoms with Crippen molar-refractivity contribution < 1.29 is 19.4 Å². The van der Waals surface area contributed by atoms with E-state index in [0.717, 1.165) is 96.6 Å². The first-order chi connectivity index (χ1) is 18.1. The van der Waals surface area contributed by atoms with Crippen LogP contribution in [0.2, 0.25) is 0 Å². The van der Waals surface area contributed by atoms with Crippen LogP contribution >= 0.6 is 0 Å². The molecule has 0 aromatic heterocycles. The largest absolute Gasteiger partial charge is 0.449 e. The van der Waals surface area contributed by atoms with E-state index in [0.29, 0.717) is 13.2 Å². The first-order valence-electron chi connectivity index (χ1n) is 15.9. The maximum atomic E-state index is 13.5. The summed E-state index contributed by atoms with van der Waals surface area (Å²) in [4.78, 5) is 27.9. The number of rotatable bonds is 27. The van der Waals surface area contributed by atoms with Gasteiger partial charge in [0.2, 0.25) is 5.91 Å². The highest BCUT2D eigenvalue weighted by molar-refractivity contribution is 5.93. The minimum Gasteiger partial charge on any atom is -0.449 e. The average Bonchev–Trinajstić information content (AvgIpc) is 2.90. The zero-order valence-corrected chi connectivity index (χ0v) is 24.9. The van der Waals surface area contributed by atoms with Gasteiger partial charge < -0.3 is 15.2 Å². The van der Waals surface area contributed by atoms with Gasteiger partial charge in [-0.1, -0.05) is 104 Å². The zero-order chi connectivity index (χ0) is 27.4. The van der Waals surface area contributed by atoms with E-state index >= 15 is 0 Å². The number of nitrogens with one attached hydrogen (secondary N) is 1. The number of carbonyl (C=O) groups excluding carboxylic acids is 2. The highest BCUT2D eigenvalue weighted by Gasteiger charge is 2.29. The SMILES string of the molecule is CCCCCCCCC(CCCCCC)C(=O)N(CCCC)C(=O)OCCCCCCNCCCCO. The lowest BCUT2D eigenvalue weighted by Crippen LogP contribution is -2.42. The van der Waals surface area contributed by atoms with E-state index < -0.39 is 6.09 Å². The second kappa shape index (κ2) is 27.9. The van der Waals surface area contributed by atoms with Gasteiger partial charge in [0, 0.05) is 19.1 Å². The fraction of sp³-hybridized carbons (Fsp3) is 0.935. The van der Waals surface area contributed by atoms with Crippen molar-refractivity contribution in [2.24, 2.45) is 5.92 Å². The van der Waals surface area contributed by atoms with Crippen LogP contribution in [-0.2, 0) is 9.53 Å². The van der Waals surface area contributed by atoms with Crippen molar-refractivity contribution in [2.45, 2.75) is 149 Å². The molecule has 6 nitrogen and oxygen atoms in total. The summed E-state index contributed by atoms with van der Waals surface area (Å²) in [7, 11) is 0. The molecule has 6 heteroatoms. The third kappa shape index (κ3) is 21.5. The number of unbranched alkanes of at least 4 members (excludes halogenated alkanes) is 13. The molecular weight excluding hydrogens is 464 g/mol. The molecule has 0 saturated carbocycles. The van der Waals surface area contributed by atoms with Crippen LogP contribution < -0.4 is 5.32 Å². The third-order valence-electron chi connectivity index (χ3n) is 7.12. The fourth-order valence-electron chi connectivity index (χ4n) is 4.64. The molecular formula is C31H62N2O4. The average molecular weight is 527 g/mol. The third-order valence-corrected chi connectivity index (χ3v) is 7.12. The van der Waals surface area contributed by atoms with E-state index in [2.05, 4.69) is 26.1 Å². The van der Waals surface area contributed by atoms with Crippen molar-refractivity contribution in [3.63, 3.8) is 0 Å². The highest BCUT2D eigenvalue weighted by atomic mass is 16.6. The molecule has 0 spiro atoms. The second-order valence-corrected chi connectivity index (χ2v) is 10.7. The molecule has 0 aromatic rings. The molecule has 1 atom stereocenters. The Morgan fingerprint density at radius 3 is 1.81 bits per heavy atom. The number of aliphatic hydroxyl groups excluding tert-OH is 1. The van der Waals surface area contributed by atoms with Crippen LogP contribution in [0.5, 0.6) is 0 Å². The number of nitrogens with zero attached hydrogens (tertiary/aromatic N) is 1. The van der Waals surface area contributed by atoms with Gasteiger partial charge in [0.15, 0.2) is 0 Å². The van der Waals surface area contributed by atoms with Crippen molar-refractivity contribution in [1.82, 2.24) is 10.2 Å². The minimum absolute atomic E-state index is 0.00391. The Morgan fingerprint density at radius 2 is 1.19 bits per heavy atom. The molecule has 1 unspecified atom stereocenters. The molecule has 2 N–H and O–H groups in total. The van der Waals surface area contributed by atoms with Gasteiger partial charge in [0.25, 0.3) is 0 Å². The summed E-state index contributed by atoms with van der Waals surface area (Å²) < 4.78 is 5.58. The van der Waals surface area contributed by atoms with Crippen LogP contribution in [0.4, 0.5) is 4.79 Å². The number of ether oxygens (including phenoxy) is 1. The Kier molecular flexibility index (Phi) is 27.0. The van der Waals surface area contributed by atoms with Gasteiger partial charge in [-0.25, -0.2) is 9.69 Å². The Morgan fingerprint density at radius 1 is 0.676 bits per heavy atom. The Bertz CT molecular complexity index is 515. The predicted molar refractivity (Wildman–Crippen MR) is 156 cm³/mol. The summed E-state index contributed by atoms with van der Waals surface area (Å²) >= 11 is 0. The van der Waals surface area contributed by atoms with E-state index in [1.807, 2.05) is 0 Å². The zero-order valence-electron chi connectivity index (χ0n) is 24.9. The lowest BCUT2D eigenvalue weighted by atomic mass is 9.93. The van der Waals surface area contributed by atoms with Crippen LogP contribution in [0.1, 0.15) is 149 Å². The van der Waals surface area contributed by atoms with E-state index in [1.54, 1.807) is 0 Å². The lowest BCUT2D eigenvalue weighted by Gasteiger charge is -2.25. The van der Waals surface area contributed by atoms with Crippen molar-refractivity contribution >= 4 is 12.0 Å². The summed E-state index contributed by atoms with van der Waals surface area (Å²) in [6.45, 7) is 9.60. The number of aliphatic hydroxyl groups is 1. The summed E-state index contributed by atoms with van der Waals surface area (Å²) in [6, 6.07) is 0. The molecule has 2 amide bonds. The van der Waals surface area contributed by atoms with Gasteiger partial charge in [-0.05, 0) is 58.0 Å². The van der Waals surface area contributed by atoms with Crippen LogP contribution in [0.15, 0.2) is 0 Å². The minimum atomic E-state index is -0.439. The number of hydrogen-bond donors (Lipinski definition) is 2. The fourth-order valence-corrected chi connectivity index (χ4v) is 4.64. The quantitative estimate of drug-likeness (QED) is 0.106. The van der Waals surface area contributed by atoms with Crippen LogP contribution in [0.3, 0.4) is 0 Å². The number of carbonyl (C=O) groups is 2. The molecule has 0 aliphatic carbocycles. The molecule has 0 heterocycles. The Labute approximate surface area is 229 Å². The van der Waals surface area contributed by atoms with Crippen LogP contribution in [-0.4, -0.2) is 54.9 Å². The normalized spacial score (nSPS) is 12.0. The molecule has 0 rings (SSSR count). The van der Waals surface area contributed by atoms with E-state index in [1.165, 1.54) is 49.8 Å². The van der Waals surface area contributed by atoms with Crippen molar-refractivity contribution in [2.75, 3.05) is 32.8 Å². The highest BCUT2D eigenvalue weighted by Crippen LogP contribution is 2.22. The lowest BCUT2D eigenvalue weighted by molar-refractivity contribution is -0.134. The van der Waals surface area contributed by atoms with E-state index in [4.69, 9.17) is 9.84 Å². The maximum Gasteiger partial charge on any atom is 0.416 e. The topological polar surface area (TPSA) is 78.9 Å². The summed E-state index contributed by atoms with van der Waals surface area (Å²) in [6.07, 6.45) is 21.0. The number of hydrogen-bond acceptors (Lipinski definition) is 5. The monoisotopic (exact) mass is 526 g/mol. The number of imide groups is 1. The summed E-state index contributed by atoms with van der Waals surface area (Å²) in [5.74, 6) is -0.0619.